The maximum absolute atomic E-state index is 11.6. The highest BCUT2D eigenvalue weighted by Gasteiger charge is 2.25. The van der Waals surface area contributed by atoms with Crippen LogP contribution in [0.4, 0.5) is 11.4 Å². The summed E-state index contributed by atoms with van der Waals surface area (Å²) in [4.78, 5) is 11.6. The van der Waals surface area contributed by atoms with Gasteiger partial charge in [0.15, 0.2) is 6.10 Å². The Balaban J connectivity index is 2.17. The van der Waals surface area contributed by atoms with Gasteiger partial charge in [-0.25, -0.2) is 0 Å². The van der Waals surface area contributed by atoms with Crippen molar-refractivity contribution in [3.05, 3.63) is 18.2 Å². The number of para-hydroxylation sites is 1. The summed E-state index contributed by atoms with van der Waals surface area (Å²) < 4.78 is 5.48. The Labute approximate surface area is 110 Å². The second-order valence-corrected chi connectivity index (χ2v) is 4.43. The number of carbonyl (C=O) groups excluding carboxylic acids is 1. The predicted molar refractivity (Wildman–Crippen MR) is 70.4 cm³/mol. The molecule has 1 aromatic carbocycles. The zero-order chi connectivity index (χ0) is 13.1. The summed E-state index contributed by atoms with van der Waals surface area (Å²) in [5.74, 6) is 0.587. The average molecular weight is 271 g/mol. The third-order valence-corrected chi connectivity index (χ3v) is 3.01. The number of hydrogen-bond acceptors (Lipinski definition) is 4. The van der Waals surface area contributed by atoms with Crippen molar-refractivity contribution in [3.8, 4) is 5.75 Å². The molecule has 18 heavy (non-hydrogen) atoms. The van der Waals surface area contributed by atoms with Gasteiger partial charge in [-0.2, -0.15) is 0 Å². The number of amides is 1. The standard InChI is InChI=1S/C12H15ClN2O3/c1-7-12(17)15-11-9(14-6-8(16)5-13)3-2-4-10(11)18-7/h2-4,7-8,14,16H,5-6H2,1H3,(H,15,17). The van der Waals surface area contributed by atoms with E-state index in [4.69, 9.17) is 16.3 Å². The highest BCUT2D eigenvalue weighted by Crippen LogP contribution is 2.36. The molecule has 1 aromatic rings. The highest BCUT2D eigenvalue weighted by atomic mass is 35.5. The Morgan fingerprint density at radius 3 is 3.11 bits per heavy atom. The number of aliphatic hydroxyl groups is 1. The van der Waals surface area contributed by atoms with E-state index in [0.717, 1.165) is 0 Å². The largest absolute Gasteiger partial charge is 0.479 e. The van der Waals surface area contributed by atoms with Crippen LogP contribution in [0, 0.1) is 0 Å². The van der Waals surface area contributed by atoms with Crippen LogP contribution in [0.2, 0.25) is 0 Å². The lowest BCUT2D eigenvalue weighted by Crippen LogP contribution is -2.35. The van der Waals surface area contributed by atoms with E-state index in [1.807, 2.05) is 6.07 Å². The van der Waals surface area contributed by atoms with Crippen LogP contribution in [0.25, 0.3) is 0 Å². The van der Waals surface area contributed by atoms with Crippen molar-refractivity contribution >= 4 is 28.9 Å². The van der Waals surface area contributed by atoms with Gasteiger partial charge in [0.05, 0.1) is 17.7 Å². The van der Waals surface area contributed by atoms with Gasteiger partial charge in [0, 0.05) is 6.54 Å². The van der Waals surface area contributed by atoms with Crippen LogP contribution in [0.1, 0.15) is 6.92 Å². The summed E-state index contributed by atoms with van der Waals surface area (Å²) in [6.45, 7) is 2.00. The van der Waals surface area contributed by atoms with Crippen molar-refractivity contribution in [3.63, 3.8) is 0 Å². The highest BCUT2D eigenvalue weighted by molar-refractivity contribution is 6.18. The molecule has 2 unspecified atom stereocenters. The number of benzene rings is 1. The number of aliphatic hydroxyl groups excluding tert-OH is 1. The molecule has 0 bridgehead atoms. The number of fused-ring (bicyclic) bond motifs is 1. The molecule has 0 aliphatic carbocycles. The minimum atomic E-state index is -0.637. The molecular formula is C12H15ClN2O3. The van der Waals surface area contributed by atoms with E-state index < -0.39 is 12.2 Å². The van der Waals surface area contributed by atoms with Gasteiger partial charge < -0.3 is 20.5 Å². The number of ether oxygens (including phenoxy) is 1. The zero-order valence-corrected chi connectivity index (χ0v) is 10.7. The quantitative estimate of drug-likeness (QED) is 0.724. The van der Waals surface area contributed by atoms with Crippen LogP contribution in [0.5, 0.6) is 5.75 Å². The number of halogens is 1. The van der Waals surface area contributed by atoms with Gasteiger partial charge in [0.2, 0.25) is 0 Å². The summed E-state index contributed by atoms with van der Waals surface area (Å²) in [5.41, 5.74) is 1.30. The van der Waals surface area contributed by atoms with Gasteiger partial charge in [0.1, 0.15) is 11.4 Å². The first-order valence-electron chi connectivity index (χ1n) is 5.70. The fourth-order valence-corrected chi connectivity index (χ4v) is 1.77. The number of anilines is 2. The third kappa shape index (κ3) is 2.68. The third-order valence-electron chi connectivity index (χ3n) is 2.65. The van der Waals surface area contributed by atoms with Gasteiger partial charge in [-0.15, -0.1) is 11.6 Å². The van der Waals surface area contributed by atoms with Crippen molar-refractivity contribution in [1.82, 2.24) is 0 Å². The number of carbonyl (C=O) groups is 1. The molecule has 1 amide bonds. The molecule has 3 N–H and O–H groups in total. The van der Waals surface area contributed by atoms with Crippen LogP contribution < -0.4 is 15.4 Å². The molecule has 2 atom stereocenters. The second kappa shape index (κ2) is 5.46. The molecule has 2 rings (SSSR count). The van der Waals surface area contributed by atoms with E-state index in [0.29, 0.717) is 23.7 Å². The molecule has 1 aliphatic heterocycles. The lowest BCUT2D eigenvalue weighted by molar-refractivity contribution is -0.122. The zero-order valence-electron chi connectivity index (χ0n) is 9.94. The summed E-state index contributed by atoms with van der Waals surface area (Å²) in [6.07, 6.45) is -1.14. The van der Waals surface area contributed by atoms with E-state index in [1.165, 1.54) is 0 Å². The Morgan fingerprint density at radius 1 is 1.61 bits per heavy atom. The minimum absolute atomic E-state index is 0.155. The Kier molecular flexibility index (Phi) is 3.93. The number of nitrogens with one attached hydrogen (secondary N) is 2. The SMILES string of the molecule is CC1Oc2cccc(NCC(O)CCl)c2NC1=O. The van der Waals surface area contributed by atoms with E-state index >= 15 is 0 Å². The first-order chi connectivity index (χ1) is 8.61. The summed E-state index contributed by atoms with van der Waals surface area (Å²) in [7, 11) is 0. The second-order valence-electron chi connectivity index (χ2n) is 4.12. The molecule has 0 saturated carbocycles. The lowest BCUT2D eigenvalue weighted by Gasteiger charge is -2.25. The van der Waals surface area contributed by atoms with E-state index in [-0.39, 0.29) is 11.8 Å². The number of alkyl halides is 1. The summed E-state index contributed by atoms with van der Waals surface area (Å²) in [6, 6.07) is 5.41. The minimum Gasteiger partial charge on any atom is -0.479 e. The Bertz CT molecular complexity index is 453. The van der Waals surface area contributed by atoms with E-state index in [1.54, 1.807) is 19.1 Å². The van der Waals surface area contributed by atoms with Crippen molar-refractivity contribution in [2.45, 2.75) is 19.1 Å². The molecule has 0 aromatic heterocycles. The van der Waals surface area contributed by atoms with Crippen LogP contribution in [-0.2, 0) is 4.79 Å². The normalized spacial score (nSPS) is 19.5. The van der Waals surface area contributed by atoms with Crippen LogP contribution in [-0.4, -0.2) is 35.6 Å². The smallest absolute Gasteiger partial charge is 0.265 e. The van der Waals surface area contributed by atoms with Crippen LogP contribution in [0.3, 0.4) is 0 Å². The van der Waals surface area contributed by atoms with E-state index in [2.05, 4.69) is 10.6 Å². The van der Waals surface area contributed by atoms with Crippen molar-refractivity contribution in [2.75, 3.05) is 23.1 Å². The van der Waals surface area contributed by atoms with Gasteiger partial charge in [-0.3, -0.25) is 4.79 Å². The van der Waals surface area contributed by atoms with Crippen molar-refractivity contribution < 1.29 is 14.6 Å². The Hall–Kier alpha value is -1.46. The summed E-state index contributed by atoms with van der Waals surface area (Å²) >= 11 is 5.52. The predicted octanol–water partition coefficient (Wildman–Crippen LogP) is 1.42. The molecule has 0 saturated heterocycles. The van der Waals surface area contributed by atoms with Gasteiger partial charge in [-0.1, -0.05) is 6.07 Å². The average Bonchev–Trinajstić information content (AvgIpc) is 2.37. The molecule has 1 heterocycles. The monoisotopic (exact) mass is 270 g/mol. The van der Waals surface area contributed by atoms with Gasteiger partial charge in [-0.05, 0) is 19.1 Å². The van der Waals surface area contributed by atoms with Gasteiger partial charge in [0.25, 0.3) is 5.91 Å². The summed E-state index contributed by atoms with van der Waals surface area (Å²) in [5, 5.41) is 15.2. The molecule has 5 nitrogen and oxygen atoms in total. The van der Waals surface area contributed by atoms with Crippen LogP contribution in [0.15, 0.2) is 18.2 Å². The molecular weight excluding hydrogens is 256 g/mol. The number of hydrogen-bond donors (Lipinski definition) is 3. The maximum Gasteiger partial charge on any atom is 0.265 e. The first kappa shape index (κ1) is 13.0. The Morgan fingerprint density at radius 2 is 2.39 bits per heavy atom. The topological polar surface area (TPSA) is 70.6 Å². The maximum atomic E-state index is 11.6. The van der Waals surface area contributed by atoms with Crippen LogP contribution >= 0.6 is 11.6 Å². The van der Waals surface area contributed by atoms with Gasteiger partial charge >= 0.3 is 0 Å². The first-order valence-corrected chi connectivity index (χ1v) is 6.23. The molecule has 98 valence electrons. The molecule has 0 fully saturated rings. The number of rotatable bonds is 4. The molecule has 0 radical (unpaired) electrons. The molecule has 1 aliphatic rings. The molecule has 0 spiro atoms. The van der Waals surface area contributed by atoms with Crippen molar-refractivity contribution in [1.29, 1.82) is 0 Å². The fourth-order valence-electron chi connectivity index (χ4n) is 1.66. The fraction of sp³-hybridized carbons (Fsp3) is 0.417. The molecule has 6 heteroatoms. The van der Waals surface area contributed by atoms with E-state index in [9.17, 15) is 9.90 Å². The van der Waals surface area contributed by atoms with Crippen molar-refractivity contribution in [2.24, 2.45) is 0 Å². The lowest BCUT2D eigenvalue weighted by atomic mass is 10.2.